The van der Waals surface area contributed by atoms with Crippen molar-refractivity contribution in [1.82, 2.24) is 19.8 Å². The highest BCUT2D eigenvalue weighted by Gasteiger charge is 2.13. The van der Waals surface area contributed by atoms with Crippen LogP contribution in [0.2, 0.25) is 0 Å². The molecule has 17 heavy (non-hydrogen) atoms. The number of benzene rings is 1. The van der Waals surface area contributed by atoms with Crippen LogP contribution < -0.4 is 5.32 Å². The summed E-state index contributed by atoms with van der Waals surface area (Å²) in [5.41, 5.74) is 2.32. The van der Waals surface area contributed by atoms with Crippen molar-refractivity contribution in [3.63, 3.8) is 0 Å². The predicted octanol–water partition coefficient (Wildman–Crippen LogP) is 0.978. The summed E-state index contributed by atoms with van der Waals surface area (Å²) in [6, 6.07) is 8.32. The van der Waals surface area contributed by atoms with Gasteiger partial charge in [0, 0.05) is 33.2 Å². The van der Waals surface area contributed by atoms with Gasteiger partial charge in [0.25, 0.3) is 0 Å². The molecule has 1 N–H and O–H groups in total. The SMILES string of the molecule is Cn1c(CN2CCNCC2)nc2ccccc21. The number of imidazole rings is 1. The van der Waals surface area contributed by atoms with Gasteiger partial charge in [-0.1, -0.05) is 12.1 Å². The van der Waals surface area contributed by atoms with Crippen LogP contribution in [0.5, 0.6) is 0 Å². The van der Waals surface area contributed by atoms with E-state index in [0.29, 0.717) is 0 Å². The fourth-order valence-electron chi connectivity index (χ4n) is 2.41. The molecule has 0 spiro atoms. The average molecular weight is 230 g/mol. The van der Waals surface area contributed by atoms with E-state index < -0.39 is 0 Å². The average Bonchev–Trinajstić information content (AvgIpc) is 2.68. The molecule has 1 aromatic heterocycles. The number of aromatic nitrogens is 2. The molecule has 0 atom stereocenters. The van der Waals surface area contributed by atoms with Crippen molar-refractivity contribution in [2.45, 2.75) is 6.54 Å². The number of fused-ring (bicyclic) bond motifs is 1. The molecule has 0 bridgehead atoms. The molecule has 0 amide bonds. The van der Waals surface area contributed by atoms with Crippen molar-refractivity contribution >= 4 is 11.0 Å². The lowest BCUT2D eigenvalue weighted by Gasteiger charge is -2.26. The second-order valence-electron chi connectivity index (χ2n) is 4.60. The molecular weight excluding hydrogens is 212 g/mol. The van der Waals surface area contributed by atoms with E-state index in [1.165, 1.54) is 5.52 Å². The highest BCUT2D eigenvalue weighted by atomic mass is 15.2. The fourth-order valence-corrected chi connectivity index (χ4v) is 2.41. The Morgan fingerprint density at radius 3 is 2.76 bits per heavy atom. The van der Waals surface area contributed by atoms with E-state index in [1.54, 1.807) is 0 Å². The van der Waals surface area contributed by atoms with Gasteiger partial charge in [-0.3, -0.25) is 4.90 Å². The molecule has 0 saturated carbocycles. The summed E-state index contributed by atoms with van der Waals surface area (Å²) in [4.78, 5) is 7.16. The zero-order valence-corrected chi connectivity index (χ0v) is 10.2. The zero-order chi connectivity index (χ0) is 11.7. The fraction of sp³-hybridized carbons (Fsp3) is 0.462. The van der Waals surface area contributed by atoms with E-state index in [4.69, 9.17) is 4.98 Å². The van der Waals surface area contributed by atoms with Crippen LogP contribution in [-0.2, 0) is 13.6 Å². The normalized spacial score (nSPS) is 17.7. The van der Waals surface area contributed by atoms with Gasteiger partial charge in [0.05, 0.1) is 17.6 Å². The van der Waals surface area contributed by atoms with Crippen LogP contribution in [0, 0.1) is 0 Å². The van der Waals surface area contributed by atoms with Crippen molar-refractivity contribution in [3.05, 3.63) is 30.1 Å². The molecule has 4 heteroatoms. The molecule has 0 aliphatic carbocycles. The van der Waals surface area contributed by atoms with Crippen LogP contribution in [0.1, 0.15) is 5.82 Å². The molecule has 1 aromatic carbocycles. The molecule has 0 unspecified atom stereocenters. The third-order valence-electron chi connectivity index (χ3n) is 3.45. The number of rotatable bonds is 2. The highest BCUT2D eigenvalue weighted by Crippen LogP contribution is 2.15. The lowest BCUT2D eigenvalue weighted by atomic mass is 10.3. The van der Waals surface area contributed by atoms with Crippen LogP contribution in [0.25, 0.3) is 11.0 Å². The first-order chi connectivity index (χ1) is 8.34. The number of nitrogens with zero attached hydrogens (tertiary/aromatic N) is 3. The van der Waals surface area contributed by atoms with Crippen LogP contribution >= 0.6 is 0 Å². The van der Waals surface area contributed by atoms with Crippen LogP contribution in [0.4, 0.5) is 0 Å². The van der Waals surface area contributed by atoms with E-state index in [2.05, 4.69) is 40.0 Å². The van der Waals surface area contributed by atoms with Gasteiger partial charge >= 0.3 is 0 Å². The van der Waals surface area contributed by atoms with Crippen LogP contribution in [0.15, 0.2) is 24.3 Å². The second-order valence-corrected chi connectivity index (χ2v) is 4.60. The Bertz CT molecular complexity index is 511. The summed E-state index contributed by atoms with van der Waals surface area (Å²) in [5.74, 6) is 1.16. The number of hydrogen-bond donors (Lipinski definition) is 1. The largest absolute Gasteiger partial charge is 0.330 e. The molecule has 4 nitrogen and oxygen atoms in total. The van der Waals surface area contributed by atoms with Crippen molar-refractivity contribution < 1.29 is 0 Å². The molecular formula is C13H18N4. The minimum absolute atomic E-state index is 0.951. The minimum atomic E-state index is 0.951. The molecule has 1 fully saturated rings. The number of piperazine rings is 1. The minimum Gasteiger partial charge on any atom is -0.330 e. The van der Waals surface area contributed by atoms with Gasteiger partial charge in [-0.05, 0) is 12.1 Å². The third kappa shape index (κ3) is 2.06. The maximum atomic E-state index is 4.71. The van der Waals surface area contributed by atoms with Gasteiger partial charge in [-0.2, -0.15) is 0 Å². The van der Waals surface area contributed by atoms with E-state index >= 15 is 0 Å². The maximum absolute atomic E-state index is 4.71. The van der Waals surface area contributed by atoms with Crippen molar-refractivity contribution in [1.29, 1.82) is 0 Å². The van der Waals surface area contributed by atoms with Gasteiger partial charge in [0.15, 0.2) is 0 Å². The monoisotopic (exact) mass is 230 g/mol. The number of hydrogen-bond acceptors (Lipinski definition) is 3. The van der Waals surface area contributed by atoms with Crippen LogP contribution in [-0.4, -0.2) is 40.6 Å². The molecule has 1 aliphatic rings. The van der Waals surface area contributed by atoms with Gasteiger partial charge in [0.2, 0.25) is 0 Å². The lowest BCUT2D eigenvalue weighted by Crippen LogP contribution is -2.43. The Hall–Kier alpha value is -1.39. The Kier molecular flexibility index (Phi) is 2.82. The topological polar surface area (TPSA) is 33.1 Å². The Morgan fingerprint density at radius 1 is 1.24 bits per heavy atom. The first-order valence-corrected chi connectivity index (χ1v) is 6.18. The van der Waals surface area contributed by atoms with Gasteiger partial charge in [-0.25, -0.2) is 4.98 Å². The van der Waals surface area contributed by atoms with Gasteiger partial charge in [-0.15, -0.1) is 0 Å². The summed E-state index contributed by atoms with van der Waals surface area (Å²) >= 11 is 0. The Morgan fingerprint density at radius 2 is 2.00 bits per heavy atom. The second kappa shape index (κ2) is 4.47. The molecule has 3 rings (SSSR count). The summed E-state index contributed by atoms with van der Waals surface area (Å²) < 4.78 is 2.21. The van der Waals surface area contributed by atoms with Crippen molar-refractivity contribution in [2.75, 3.05) is 26.2 Å². The Balaban J connectivity index is 1.87. The maximum Gasteiger partial charge on any atom is 0.123 e. The molecule has 1 saturated heterocycles. The Labute approximate surface area is 101 Å². The van der Waals surface area contributed by atoms with Gasteiger partial charge < -0.3 is 9.88 Å². The summed E-state index contributed by atoms with van der Waals surface area (Å²) in [6.45, 7) is 5.35. The van der Waals surface area contributed by atoms with Crippen LogP contribution in [0.3, 0.4) is 0 Å². The van der Waals surface area contributed by atoms with E-state index in [1.807, 2.05) is 6.07 Å². The number of aryl methyl sites for hydroxylation is 1. The molecule has 2 heterocycles. The predicted molar refractivity (Wildman–Crippen MR) is 68.9 cm³/mol. The number of nitrogens with one attached hydrogen (secondary N) is 1. The first kappa shape index (κ1) is 10.7. The summed E-state index contributed by atoms with van der Waals surface area (Å²) in [6.07, 6.45) is 0. The van der Waals surface area contributed by atoms with Gasteiger partial charge in [0.1, 0.15) is 5.82 Å². The van der Waals surface area contributed by atoms with E-state index in [-0.39, 0.29) is 0 Å². The molecule has 90 valence electrons. The third-order valence-corrected chi connectivity index (χ3v) is 3.45. The quantitative estimate of drug-likeness (QED) is 0.835. The highest BCUT2D eigenvalue weighted by molar-refractivity contribution is 5.75. The summed E-state index contributed by atoms with van der Waals surface area (Å²) in [7, 11) is 2.10. The standard InChI is InChI=1S/C13H18N4/c1-16-12-5-3-2-4-11(12)15-13(16)10-17-8-6-14-7-9-17/h2-5,14H,6-10H2,1H3. The van der Waals surface area contributed by atoms with Crippen molar-refractivity contribution in [3.8, 4) is 0 Å². The molecule has 0 radical (unpaired) electrons. The number of para-hydroxylation sites is 2. The molecule has 1 aliphatic heterocycles. The van der Waals surface area contributed by atoms with Crippen molar-refractivity contribution in [2.24, 2.45) is 7.05 Å². The molecule has 2 aromatic rings. The van der Waals surface area contributed by atoms with E-state index in [9.17, 15) is 0 Å². The zero-order valence-electron chi connectivity index (χ0n) is 10.2. The smallest absolute Gasteiger partial charge is 0.123 e. The lowest BCUT2D eigenvalue weighted by molar-refractivity contribution is 0.226. The first-order valence-electron chi connectivity index (χ1n) is 6.18. The van der Waals surface area contributed by atoms with E-state index in [0.717, 1.165) is 44.1 Å². The summed E-state index contributed by atoms with van der Waals surface area (Å²) in [5, 5.41) is 3.37.